The van der Waals surface area contributed by atoms with Crippen LogP contribution in [0.2, 0.25) is 0 Å². The Labute approximate surface area is 153 Å². The predicted octanol–water partition coefficient (Wildman–Crippen LogP) is 2.78. The Morgan fingerprint density at radius 3 is 2.62 bits per heavy atom. The van der Waals surface area contributed by atoms with Crippen LogP contribution in [0.5, 0.6) is 11.5 Å². The topological polar surface area (TPSA) is 85.4 Å². The third-order valence-electron chi connectivity index (χ3n) is 4.42. The van der Waals surface area contributed by atoms with Crippen LogP contribution in [0.25, 0.3) is 0 Å². The molecule has 0 atom stereocenters. The fraction of sp³-hybridized carbons (Fsp3) is 0.421. The maximum absolute atomic E-state index is 11.5. The highest BCUT2D eigenvalue weighted by Crippen LogP contribution is 2.32. The van der Waals surface area contributed by atoms with E-state index in [0.29, 0.717) is 12.4 Å². The van der Waals surface area contributed by atoms with E-state index < -0.39 is 0 Å². The molecule has 2 aromatic rings. The molecule has 1 heterocycles. The van der Waals surface area contributed by atoms with E-state index in [0.717, 1.165) is 29.9 Å². The highest BCUT2D eigenvalue weighted by atomic mass is 16.5. The number of rotatable bonds is 7. The van der Waals surface area contributed by atoms with Gasteiger partial charge in [0.2, 0.25) is 0 Å². The van der Waals surface area contributed by atoms with E-state index in [-0.39, 0.29) is 17.7 Å². The highest BCUT2D eigenvalue weighted by Gasteiger charge is 2.18. The second-order valence-corrected chi connectivity index (χ2v) is 6.25. The third kappa shape index (κ3) is 4.41. The zero-order valence-corrected chi connectivity index (χ0v) is 15.1. The van der Waals surface area contributed by atoms with Crippen molar-refractivity contribution >= 4 is 11.7 Å². The Balaban J connectivity index is 1.64. The summed E-state index contributed by atoms with van der Waals surface area (Å²) in [5.74, 6) is 1.87. The minimum atomic E-state index is -0.257. The second-order valence-electron chi connectivity index (χ2n) is 6.25. The van der Waals surface area contributed by atoms with E-state index in [1.54, 1.807) is 26.3 Å². The van der Waals surface area contributed by atoms with Crippen LogP contribution in [0.15, 0.2) is 30.3 Å². The predicted molar refractivity (Wildman–Crippen MR) is 98.6 cm³/mol. The average Bonchev–Trinajstić information content (AvgIpc) is 3.19. The highest BCUT2D eigenvalue weighted by molar-refractivity contribution is 5.91. The summed E-state index contributed by atoms with van der Waals surface area (Å²) in [5.41, 5.74) is 1.34. The van der Waals surface area contributed by atoms with Gasteiger partial charge in [0.15, 0.2) is 17.2 Å². The van der Waals surface area contributed by atoms with E-state index in [9.17, 15) is 4.79 Å². The molecule has 26 heavy (non-hydrogen) atoms. The molecule has 7 nitrogen and oxygen atoms in total. The standard InChI is InChI=1S/C19H24N4O3/c1-20-19(24)15-8-10-18(23-22-15)21-12-13-7-9-16(25-2)17(11-13)26-14-5-3-4-6-14/h7-11,14H,3-6,12H2,1-2H3,(H,20,24)(H,21,23). The van der Waals surface area contributed by atoms with E-state index in [4.69, 9.17) is 9.47 Å². The molecule has 0 saturated heterocycles. The van der Waals surface area contributed by atoms with E-state index in [1.165, 1.54) is 12.8 Å². The van der Waals surface area contributed by atoms with E-state index in [1.807, 2.05) is 18.2 Å². The van der Waals surface area contributed by atoms with Crippen molar-refractivity contribution in [2.24, 2.45) is 0 Å². The number of hydrogen-bond donors (Lipinski definition) is 2. The van der Waals surface area contributed by atoms with Gasteiger partial charge in [-0.1, -0.05) is 6.07 Å². The average molecular weight is 356 g/mol. The molecule has 1 aromatic carbocycles. The van der Waals surface area contributed by atoms with Gasteiger partial charge < -0.3 is 20.1 Å². The smallest absolute Gasteiger partial charge is 0.271 e. The number of aromatic nitrogens is 2. The van der Waals surface area contributed by atoms with E-state index in [2.05, 4.69) is 20.8 Å². The van der Waals surface area contributed by atoms with Crippen LogP contribution in [0.4, 0.5) is 5.82 Å². The number of ether oxygens (including phenoxy) is 2. The summed E-state index contributed by atoms with van der Waals surface area (Å²) in [4.78, 5) is 11.5. The Bertz CT molecular complexity index is 743. The Morgan fingerprint density at radius 2 is 1.96 bits per heavy atom. The Morgan fingerprint density at radius 1 is 1.15 bits per heavy atom. The largest absolute Gasteiger partial charge is 0.493 e. The van der Waals surface area contributed by atoms with Crippen molar-refractivity contribution in [3.8, 4) is 11.5 Å². The number of benzene rings is 1. The summed E-state index contributed by atoms with van der Waals surface area (Å²) in [5, 5.41) is 13.6. The summed E-state index contributed by atoms with van der Waals surface area (Å²) in [6.07, 6.45) is 4.91. The minimum Gasteiger partial charge on any atom is -0.493 e. The first kappa shape index (κ1) is 18.0. The molecule has 1 amide bonds. The molecule has 1 aromatic heterocycles. The molecule has 0 spiro atoms. The quantitative estimate of drug-likeness (QED) is 0.793. The number of nitrogens with one attached hydrogen (secondary N) is 2. The van der Waals surface area contributed by atoms with Crippen molar-refractivity contribution in [2.75, 3.05) is 19.5 Å². The summed E-state index contributed by atoms with van der Waals surface area (Å²) in [6.45, 7) is 0.568. The van der Waals surface area contributed by atoms with E-state index >= 15 is 0 Å². The Hall–Kier alpha value is -2.83. The maximum atomic E-state index is 11.5. The van der Waals surface area contributed by atoms with Gasteiger partial charge in [-0.2, -0.15) is 0 Å². The summed E-state index contributed by atoms with van der Waals surface area (Å²) >= 11 is 0. The molecule has 7 heteroatoms. The van der Waals surface area contributed by atoms with Crippen molar-refractivity contribution < 1.29 is 14.3 Å². The molecule has 0 bridgehead atoms. The van der Waals surface area contributed by atoms with Crippen molar-refractivity contribution in [3.05, 3.63) is 41.6 Å². The zero-order chi connectivity index (χ0) is 18.4. The van der Waals surface area contributed by atoms with Gasteiger partial charge in [-0.3, -0.25) is 4.79 Å². The van der Waals surface area contributed by atoms with Crippen molar-refractivity contribution in [3.63, 3.8) is 0 Å². The van der Waals surface area contributed by atoms with Crippen LogP contribution in [0.3, 0.4) is 0 Å². The Kier molecular flexibility index (Phi) is 5.88. The molecule has 3 rings (SSSR count). The molecular formula is C19H24N4O3. The van der Waals surface area contributed by atoms with Crippen LogP contribution in [0.1, 0.15) is 41.7 Å². The first-order valence-electron chi connectivity index (χ1n) is 8.83. The lowest BCUT2D eigenvalue weighted by molar-refractivity contribution is 0.0957. The molecular weight excluding hydrogens is 332 g/mol. The minimum absolute atomic E-state index is 0.257. The number of amides is 1. The number of hydrogen-bond acceptors (Lipinski definition) is 6. The van der Waals surface area contributed by atoms with Gasteiger partial charge >= 0.3 is 0 Å². The van der Waals surface area contributed by atoms with Crippen LogP contribution in [-0.4, -0.2) is 36.4 Å². The molecule has 2 N–H and O–H groups in total. The number of nitrogens with zero attached hydrogens (tertiary/aromatic N) is 2. The number of anilines is 1. The van der Waals surface area contributed by atoms with Crippen LogP contribution in [0, 0.1) is 0 Å². The molecule has 0 aliphatic heterocycles. The van der Waals surface area contributed by atoms with Gasteiger partial charge in [-0.25, -0.2) is 0 Å². The molecule has 1 aliphatic rings. The van der Waals surface area contributed by atoms with Crippen molar-refractivity contribution in [2.45, 2.75) is 38.3 Å². The van der Waals surface area contributed by atoms with Gasteiger partial charge in [-0.15, -0.1) is 10.2 Å². The monoisotopic (exact) mass is 356 g/mol. The van der Waals surface area contributed by atoms with Crippen molar-refractivity contribution in [1.82, 2.24) is 15.5 Å². The van der Waals surface area contributed by atoms with Crippen LogP contribution < -0.4 is 20.1 Å². The first-order valence-corrected chi connectivity index (χ1v) is 8.83. The van der Waals surface area contributed by atoms with Gasteiger partial charge in [0.05, 0.1) is 13.2 Å². The number of methoxy groups -OCH3 is 1. The molecule has 1 fully saturated rings. The number of carbonyl (C=O) groups excluding carboxylic acids is 1. The van der Waals surface area contributed by atoms with Gasteiger partial charge in [0.1, 0.15) is 5.82 Å². The normalized spacial score (nSPS) is 14.1. The third-order valence-corrected chi connectivity index (χ3v) is 4.42. The first-order chi connectivity index (χ1) is 12.7. The summed E-state index contributed by atoms with van der Waals surface area (Å²) in [7, 11) is 3.21. The fourth-order valence-corrected chi connectivity index (χ4v) is 2.98. The SMILES string of the molecule is CNC(=O)c1ccc(NCc2ccc(OC)c(OC3CCCC3)c2)nn1. The lowest BCUT2D eigenvalue weighted by Gasteiger charge is -2.17. The van der Waals surface area contributed by atoms with Crippen LogP contribution >= 0.6 is 0 Å². The fourth-order valence-electron chi connectivity index (χ4n) is 2.98. The zero-order valence-electron chi connectivity index (χ0n) is 15.1. The lowest BCUT2D eigenvalue weighted by atomic mass is 10.2. The summed E-state index contributed by atoms with van der Waals surface area (Å²) in [6, 6.07) is 9.27. The van der Waals surface area contributed by atoms with Gasteiger partial charge in [-0.05, 0) is 55.5 Å². The lowest BCUT2D eigenvalue weighted by Crippen LogP contribution is -2.19. The second kappa shape index (κ2) is 8.51. The molecule has 1 saturated carbocycles. The van der Waals surface area contributed by atoms with Gasteiger partial charge in [0, 0.05) is 13.6 Å². The summed E-state index contributed by atoms with van der Waals surface area (Å²) < 4.78 is 11.5. The van der Waals surface area contributed by atoms with Crippen molar-refractivity contribution in [1.29, 1.82) is 0 Å². The molecule has 0 unspecified atom stereocenters. The van der Waals surface area contributed by atoms with Crippen LogP contribution in [-0.2, 0) is 6.54 Å². The maximum Gasteiger partial charge on any atom is 0.271 e. The molecule has 0 radical (unpaired) electrons. The molecule has 138 valence electrons. The number of carbonyl (C=O) groups is 1. The van der Waals surface area contributed by atoms with Gasteiger partial charge in [0.25, 0.3) is 5.91 Å². The molecule has 1 aliphatic carbocycles.